The Morgan fingerprint density at radius 1 is 0.487 bits per heavy atom. The first kappa shape index (κ1) is 30.5. The van der Waals surface area contributed by atoms with Gasteiger partial charge in [0, 0.05) is 24.0 Å². The molecule has 2 N–H and O–H groups in total. The fourth-order valence-electron chi connectivity index (χ4n) is 3.60. The molecule has 0 saturated heterocycles. The summed E-state index contributed by atoms with van der Waals surface area (Å²) in [5.74, 6) is -4.84. The first-order chi connectivity index (χ1) is 18.2. The number of hydrogen-bond acceptors (Lipinski definition) is 6. The summed E-state index contributed by atoms with van der Waals surface area (Å²) in [7, 11) is 0. The second-order valence-corrected chi connectivity index (χ2v) is 8.15. The number of hydrogen-bond donors (Lipinski definition) is 2. The van der Waals surface area contributed by atoms with Crippen LogP contribution in [0.3, 0.4) is 0 Å². The number of carbonyl (C=O) groups is 4. The maximum Gasteiger partial charge on any atom is 2.00 e. The number of para-hydroxylation sites is 2. The van der Waals surface area contributed by atoms with E-state index in [1.807, 2.05) is 12.1 Å². The minimum absolute atomic E-state index is 0. The van der Waals surface area contributed by atoms with Gasteiger partial charge in [-0.2, -0.15) is 0 Å². The zero-order valence-corrected chi connectivity index (χ0v) is 21.2. The first-order valence-electron chi connectivity index (χ1n) is 11.4. The van der Waals surface area contributed by atoms with Gasteiger partial charge in [0.05, 0.1) is 11.1 Å². The molecule has 8 nitrogen and oxygen atoms in total. The van der Waals surface area contributed by atoms with Crippen molar-refractivity contribution in [1.29, 1.82) is 0 Å². The molecule has 0 aliphatic rings. The van der Waals surface area contributed by atoms with Gasteiger partial charge in [0.1, 0.15) is 0 Å². The van der Waals surface area contributed by atoms with Crippen molar-refractivity contribution in [3.8, 4) is 11.5 Å². The Labute approximate surface area is 234 Å². The van der Waals surface area contributed by atoms with E-state index in [2.05, 4.69) is 0 Å². The number of rotatable bonds is 8. The Bertz CT molecular complexity index is 1350. The van der Waals surface area contributed by atoms with Crippen molar-refractivity contribution in [2.24, 2.45) is 0 Å². The van der Waals surface area contributed by atoms with Crippen LogP contribution in [-0.2, 0) is 29.9 Å². The molecule has 0 heterocycles. The van der Waals surface area contributed by atoms with Crippen molar-refractivity contribution in [3.63, 3.8) is 0 Å². The third-order valence-corrected chi connectivity index (χ3v) is 5.51. The van der Waals surface area contributed by atoms with E-state index in [1.165, 1.54) is 36.4 Å². The zero-order chi connectivity index (χ0) is 27.7. The van der Waals surface area contributed by atoms with Crippen molar-refractivity contribution in [2.45, 2.75) is 12.8 Å². The molecule has 0 fully saturated rings. The van der Waals surface area contributed by atoms with Crippen LogP contribution in [0.5, 0.6) is 11.5 Å². The molecule has 0 aliphatic heterocycles. The van der Waals surface area contributed by atoms with Crippen LogP contribution in [0.25, 0.3) is 0 Å². The van der Waals surface area contributed by atoms with Gasteiger partial charge in [0.2, 0.25) is 0 Å². The number of carbonyl (C=O) groups excluding carboxylic acids is 2. The monoisotopic (exact) mass is 573 g/mol. The molecule has 39 heavy (non-hydrogen) atoms. The molecular weight excluding hydrogens is 552 g/mol. The van der Waals surface area contributed by atoms with E-state index in [0.29, 0.717) is 0 Å². The number of carboxylic acids is 2. The fraction of sp³-hybridized carbons (Fsp3) is 0.0667. The second-order valence-electron chi connectivity index (χ2n) is 8.15. The molecule has 0 saturated carbocycles. The van der Waals surface area contributed by atoms with Crippen LogP contribution in [-0.4, -0.2) is 33.7 Å². The summed E-state index contributed by atoms with van der Waals surface area (Å²) in [4.78, 5) is 45.7. The first-order valence-corrected chi connectivity index (χ1v) is 11.4. The number of benzene rings is 4. The van der Waals surface area contributed by atoms with Crippen LogP contribution in [0.15, 0.2) is 97.1 Å². The van der Waals surface area contributed by atoms with Crippen molar-refractivity contribution in [2.75, 3.05) is 0 Å². The van der Waals surface area contributed by atoms with Crippen LogP contribution < -0.4 is 10.2 Å². The fourth-order valence-corrected chi connectivity index (χ4v) is 3.60. The topological polar surface area (TPSA) is 155 Å². The molecule has 0 aromatic heterocycles. The molecule has 0 spiro atoms. The van der Waals surface area contributed by atoms with Gasteiger partial charge in [-0.3, -0.25) is 9.59 Å². The molecule has 201 valence electrons. The molecule has 0 amide bonds. The molecule has 1 radical (unpaired) electrons. The third kappa shape index (κ3) is 8.13. The number of ketones is 2. The van der Waals surface area contributed by atoms with Crippen LogP contribution in [0.1, 0.15) is 52.6 Å². The van der Waals surface area contributed by atoms with Crippen LogP contribution >= 0.6 is 0 Å². The Morgan fingerprint density at radius 2 is 0.795 bits per heavy atom. The Morgan fingerprint density at radius 3 is 1.10 bits per heavy atom. The summed E-state index contributed by atoms with van der Waals surface area (Å²) in [5, 5.41) is 41.4. The van der Waals surface area contributed by atoms with Gasteiger partial charge in [0.15, 0.2) is 11.6 Å². The van der Waals surface area contributed by atoms with Crippen molar-refractivity contribution < 1.29 is 56.7 Å². The molecule has 4 rings (SSSR count). The van der Waals surface area contributed by atoms with Gasteiger partial charge in [-0.1, -0.05) is 96.4 Å². The number of carboxylic acid groups (broad SMARTS) is 2. The summed E-state index contributed by atoms with van der Waals surface area (Å²) in [6, 6.07) is 25.9. The standard InChI is InChI=1S/2C15H12O4.Cu/c2*16-13(9-10-5-2-1-3-6-10)11-7-4-8-12(14(11)17)15(18)19;/h2*1-8,17H,9H2,(H,18,19);/q;;+2/p-2. The molecule has 0 unspecified atom stereocenters. The van der Waals surface area contributed by atoms with Gasteiger partial charge in [-0.25, -0.2) is 9.59 Å². The number of Topliss-reactive ketones (excluding diaryl/α,β-unsaturated/α-hetero) is 2. The molecule has 0 bridgehead atoms. The van der Waals surface area contributed by atoms with Crippen LogP contribution in [0, 0.1) is 0 Å². The summed E-state index contributed by atoms with van der Waals surface area (Å²) in [5.41, 5.74) is 0.658. The van der Waals surface area contributed by atoms with E-state index in [0.717, 1.165) is 11.1 Å². The van der Waals surface area contributed by atoms with E-state index in [1.54, 1.807) is 48.5 Å². The largest absolute Gasteiger partial charge is 2.00 e. The quantitative estimate of drug-likeness (QED) is 0.238. The van der Waals surface area contributed by atoms with Gasteiger partial charge >= 0.3 is 29.0 Å². The number of aromatic carboxylic acids is 2. The summed E-state index contributed by atoms with van der Waals surface area (Å²) in [6.07, 6.45) is 0.165. The van der Waals surface area contributed by atoms with Crippen LogP contribution in [0.2, 0.25) is 0 Å². The van der Waals surface area contributed by atoms with Gasteiger partial charge in [-0.15, -0.1) is 0 Å². The summed E-state index contributed by atoms with van der Waals surface area (Å²) < 4.78 is 0. The Kier molecular flexibility index (Phi) is 11.2. The molecule has 0 atom stereocenters. The third-order valence-electron chi connectivity index (χ3n) is 5.51. The predicted molar refractivity (Wildman–Crippen MR) is 135 cm³/mol. The molecule has 4 aromatic carbocycles. The predicted octanol–water partition coefficient (Wildman–Crippen LogP) is 3.77. The molecule has 9 heteroatoms. The van der Waals surface area contributed by atoms with Crippen molar-refractivity contribution in [1.82, 2.24) is 0 Å². The molecular formula is C30H22CuO8. The minimum atomic E-state index is -1.32. The average molecular weight is 574 g/mol. The van der Waals surface area contributed by atoms with E-state index in [4.69, 9.17) is 10.2 Å². The smallest absolute Gasteiger partial charge is 0.871 e. The van der Waals surface area contributed by atoms with E-state index in [-0.39, 0.29) is 63.7 Å². The average Bonchev–Trinajstić information content (AvgIpc) is 2.90. The minimum Gasteiger partial charge on any atom is -0.871 e. The maximum absolute atomic E-state index is 12.0. The van der Waals surface area contributed by atoms with Crippen molar-refractivity contribution >= 4 is 23.5 Å². The van der Waals surface area contributed by atoms with E-state index < -0.39 is 23.4 Å². The zero-order valence-electron chi connectivity index (χ0n) is 20.3. The van der Waals surface area contributed by atoms with Crippen molar-refractivity contribution in [3.05, 3.63) is 130 Å². The van der Waals surface area contributed by atoms with Gasteiger partial charge in [-0.05, 0) is 23.3 Å². The maximum atomic E-state index is 12.0. The summed E-state index contributed by atoms with van der Waals surface area (Å²) in [6.45, 7) is 0. The Hall–Kier alpha value is -4.72. The van der Waals surface area contributed by atoms with E-state index in [9.17, 15) is 29.4 Å². The normalized spacial score (nSPS) is 9.85. The SMILES string of the molecule is O=C(O)c1cccc(C(=O)Cc2ccccc2)c1[O-].O=C(O)c1cccc(C(=O)Cc2ccccc2)c1[O-].[Cu+2]. The Balaban J connectivity index is 0.000000267. The molecule has 0 aliphatic carbocycles. The van der Waals surface area contributed by atoms with Crippen LogP contribution in [0.4, 0.5) is 0 Å². The van der Waals surface area contributed by atoms with Gasteiger partial charge < -0.3 is 20.4 Å². The molecule has 4 aromatic rings. The van der Waals surface area contributed by atoms with E-state index >= 15 is 0 Å². The second kappa shape index (κ2) is 14.3. The van der Waals surface area contributed by atoms with Gasteiger partial charge in [0.25, 0.3) is 0 Å². The summed E-state index contributed by atoms with van der Waals surface area (Å²) >= 11 is 0.